The van der Waals surface area contributed by atoms with E-state index in [9.17, 15) is 9.59 Å². The molecule has 1 aliphatic carbocycles. The largest absolute Gasteiger partial charge is 0.383 e. The van der Waals surface area contributed by atoms with E-state index in [-0.39, 0.29) is 12.1 Å². The Labute approximate surface area is 251 Å². The van der Waals surface area contributed by atoms with Gasteiger partial charge in [0.2, 0.25) is 5.95 Å². The number of ether oxygens (including phenoxy) is 2. The second-order valence-electron chi connectivity index (χ2n) is 11.8. The van der Waals surface area contributed by atoms with E-state index >= 15 is 0 Å². The minimum atomic E-state index is -0.441. The van der Waals surface area contributed by atoms with E-state index in [2.05, 4.69) is 60.7 Å². The van der Waals surface area contributed by atoms with Crippen LogP contribution in [0.4, 0.5) is 17.3 Å². The highest BCUT2D eigenvalue weighted by Crippen LogP contribution is 2.38. The predicted octanol–water partition coefficient (Wildman–Crippen LogP) is 3.45. The Morgan fingerprint density at radius 1 is 1.05 bits per heavy atom. The Bertz CT molecular complexity index is 1610. The molecule has 3 heterocycles. The fraction of sp³-hybridized carbons (Fsp3) is 0.500. The molecule has 11 heteroatoms. The average Bonchev–Trinajstić information content (AvgIpc) is 3.41. The number of nitrogens with one attached hydrogen (secondary N) is 3. The van der Waals surface area contributed by atoms with E-state index in [1.54, 1.807) is 14.2 Å². The van der Waals surface area contributed by atoms with Crippen molar-refractivity contribution >= 4 is 22.8 Å². The number of morpholine rings is 1. The summed E-state index contributed by atoms with van der Waals surface area (Å²) in [5, 5.41) is 14.5. The molecule has 1 atom stereocenters. The molecule has 2 aromatic heterocycles. The maximum Gasteiger partial charge on any atom is 0.253 e. The summed E-state index contributed by atoms with van der Waals surface area (Å²) < 4.78 is 12.8. The normalized spacial score (nSPS) is 20.3. The molecule has 4 aromatic rings. The highest BCUT2D eigenvalue weighted by molar-refractivity contribution is 5.81. The highest BCUT2D eigenvalue weighted by atomic mass is 16.5. The summed E-state index contributed by atoms with van der Waals surface area (Å²) in [6.07, 6.45) is 5.59. The number of aromatic nitrogens is 3. The Kier molecular flexibility index (Phi) is 8.73. The third-order valence-electron chi connectivity index (χ3n) is 8.77. The SMILES string of the molecule is CNc1c(NC2CCC(c3cc(-c4ccc(CN5CCOCC5)cc4)c4cnc(NC(C)COC)nn34)CC2)c(=O)c1=O. The Hall–Kier alpha value is -3.80. The molecule has 43 heavy (non-hydrogen) atoms. The summed E-state index contributed by atoms with van der Waals surface area (Å²) in [6, 6.07) is 11.3. The number of hydrogen-bond acceptors (Lipinski definition) is 10. The molecule has 0 spiro atoms. The molecule has 6 rings (SSSR count). The van der Waals surface area contributed by atoms with E-state index in [4.69, 9.17) is 14.6 Å². The van der Waals surface area contributed by atoms with Crippen LogP contribution in [0.15, 0.2) is 46.1 Å². The quantitative estimate of drug-likeness (QED) is 0.225. The summed E-state index contributed by atoms with van der Waals surface area (Å²) in [7, 11) is 3.36. The molecular formula is C32H41N7O4. The smallest absolute Gasteiger partial charge is 0.253 e. The van der Waals surface area contributed by atoms with Gasteiger partial charge in [0.25, 0.3) is 10.9 Å². The molecule has 1 saturated carbocycles. The van der Waals surface area contributed by atoms with Crippen LogP contribution in [0, 0.1) is 0 Å². The van der Waals surface area contributed by atoms with Gasteiger partial charge in [0.15, 0.2) is 0 Å². The second kappa shape index (κ2) is 12.8. The lowest BCUT2D eigenvalue weighted by Crippen LogP contribution is -2.39. The van der Waals surface area contributed by atoms with Gasteiger partial charge in [-0.1, -0.05) is 24.3 Å². The maximum absolute atomic E-state index is 12.1. The molecule has 2 aromatic carbocycles. The molecule has 0 radical (unpaired) electrons. The van der Waals surface area contributed by atoms with E-state index < -0.39 is 10.9 Å². The molecule has 1 saturated heterocycles. The molecular weight excluding hydrogens is 546 g/mol. The van der Waals surface area contributed by atoms with E-state index in [1.807, 2.05) is 13.1 Å². The van der Waals surface area contributed by atoms with Crippen molar-refractivity contribution in [2.75, 3.05) is 63.0 Å². The summed E-state index contributed by atoms with van der Waals surface area (Å²) in [5.74, 6) is 0.867. The van der Waals surface area contributed by atoms with Crippen molar-refractivity contribution < 1.29 is 9.47 Å². The van der Waals surface area contributed by atoms with E-state index in [1.165, 1.54) is 5.56 Å². The van der Waals surface area contributed by atoms with Gasteiger partial charge in [-0.15, -0.1) is 5.10 Å². The monoisotopic (exact) mass is 587 g/mol. The molecule has 228 valence electrons. The summed E-state index contributed by atoms with van der Waals surface area (Å²) >= 11 is 0. The molecule has 1 aliphatic heterocycles. The van der Waals surface area contributed by atoms with E-state index in [0.717, 1.165) is 80.9 Å². The number of nitrogens with zero attached hydrogens (tertiary/aromatic N) is 4. The zero-order valence-electron chi connectivity index (χ0n) is 25.2. The van der Waals surface area contributed by atoms with Crippen molar-refractivity contribution in [3.05, 3.63) is 68.2 Å². The second-order valence-corrected chi connectivity index (χ2v) is 11.8. The van der Waals surface area contributed by atoms with Crippen LogP contribution >= 0.6 is 0 Å². The van der Waals surface area contributed by atoms with Gasteiger partial charge in [0.1, 0.15) is 11.4 Å². The van der Waals surface area contributed by atoms with Crippen molar-refractivity contribution in [1.29, 1.82) is 0 Å². The van der Waals surface area contributed by atoms with Crippen LogP contribution < -0.4 is 26.8 Å². The number of fused-ring (bicyclic) bond motifs is 1. The molecule has 1 unspecified atom stereocenters. The van der Waals surface area contributed by atoms with Crippen LogP contribution in [0.25, 0.3) is 16.6 Å². The molecule has 2 fully saturated rings. The third kappa shape index (κ3) is 6.15. The number of hydrogen-bond donors (Lipinski definition) is 3. The van der Waals surface area contributed by atoms with E-state index in [0.29, 0.717) is 29.8 Å². The van der Waals surface area contributed by atoms with Crippen LogP contribution in [-0.2, 0) is 16.0 Å². The van der Waals surface area contributed by atoms with Gasteiger partial charge in [-0.25, -0.2) is 9.50 Å². The summed E-state index contributed by atoms with van der Waals surface area (Å²) in [6.45, 7) is 7.04. The van der Waals surface area contributed by atoms with Gasteiger partial charge < -0.3 is 25.4 Å². The first-order valence-electron chi connectivity index (χ1n) is 15.3. The number of methoxy groups -OCH3 is 1. The fourth-order valence-corrected chi connectivity index (χ4v) is 6.43. The summed E-state index contributed by atoms with van der Waals surface area (Å²) in [4.78, 5) is 31.0. The number of benzene rings is 1. The molecule has 3 N–H and O–H groups in total. The van der Waals surface area contributed by atoms with Crippen LogP contribution in [0.5, 0.6) is 0 Å². The van der Waals surface area contributed by atoms with Gasteiger partial charge in [-0.05, 0) is 49.8 Å². The van der Waals surface area contributed by atoms with Crippen molar-refractivity contribution in [2.45, 2.75) is 57.2 Å². The lowest BCUT2D eigenvalue weighted by molar-refractivity contribution is 0.0342. The van der Waals surface area contributed by atoms with Gasteiger partial charge in [0.05, 0.1) is 31.5 Å². The Balaban J connectivity index is 1.24. The molecule has 11 nitrogen and oxygen atoms in total. The minimum absolute atomic E-state index is 0.0689. The van der Waals surface area contributed by atoms with Gasteiger partial charge in [0, 0.05) is 63.1 Å². The van der Waals surface area contributed by atoms with Gasteiger partial charge >= 0.3 is 0 Å². The number of rotatable bonds is 11. The zero-order valence-corrected chi connectivity index (χ0v) is 25.2. The van der Waals surface area contributed by atoms with Gasteiger partial charge in [-0.2, -0.15) is 0 Å². The standard InChI is InChI=1S/C32H41N7O4/c1-20(19-42-3)35-32-34-17-27-25(22-6-4-21(5-7-22)18-38-12-14-43-15-13-38)16-26(39(27)37-32)23-8-10-24(11-9-23)36-29-28(33-2)30(40)31(29)41/h4-7,16-17,20,23-24,33,36H,8-15,18-19H2,1-3H3,(H,35,37). The van der Waals surface area contributed by atoms with Crippen LogP contribution in [0.2, 0.25) is 0 Å². The fourth-order valence-electron chi connectivity index (χ4n) is 6.43. The highest BCUT2D eigenvalue weighted by Gasteiger charge is 2.29. The van der Waals surface area contributed by atoms with Crippen molar-refractivity contribution in [1.82, 2.24) is 19.5 Å². The third-order valence-corrected chi connectivity index (χ3v) is 8.77. The maximum atomic E-state index is 12.1. The van der Waals surface area contributed by atoms with Crippen molar-refractivity contribution in [3.8, 4) is 11.1 Å². The first-order valence-corrected chi connectivity index (χ1v) is 15.3. The first kappa shape index (κ1) is 29.3. The predicted molar refractivity (Wildman–Crippen MR) is 169 cm³/mol. The Morgan fingerprint density at radius 2 is 1.77 bits per heavy atom. The van der Waals surface area contributed by atoms with Gasteiger partial charge in [-0.3, -0.25) is 14.5 Å². The first-order chi connectivity index (χ1) is 20.9. The van der Waals surface area contributed by atoms with Crippen LogP contribution in [0.1, 0.15) is 49.8 Å². The molecule has 0 bridgehead atoms. The van der Waals surface area contributed by atoms with Crippen molar-refractivity contribution in [2.24, 2.45) is 0 Å². The Morgan fingerprint density at radius 3 is 2.47 bits per heavy atom. The molecule has 2 aliphatic rings. The zero-order chi connectivity index (χ0) is 29.9. The van der Waals surface area contributed by atoms with Crippen molar-refractivity contribution in [3.63, 3.8) is 0 Å². The molecule has 0 amide bonds. The lowest BCUT2D eigenvalue weighted by Gasteiger charge is -2.30. The number of anilines is 3. The topological polar surface area (TPSA) is 122 Å². The van der Waals surface area contributed by atoms with Crippen LogP contribution in [0.3, 0.4) is 0 Å². The minimum Gasteiger partial charge on any atom is -0.383 e. The lowest BCUT2D eigenvalue weighted by atomic mass is 9.83. The average molecular weight is 588 g/mol. The summed E-state index contributed by atoms with van der Waals surface area (Å²) in [5.41, 5.74) is 5.64. The van der Waals surface area contributed by atoms with Crippen LogP contribution in [-0.4, -0.2) is 78.6 Å².